The van der Waals surface area contributed by atoms with Crippen molar-refractivity contribution in [1.29, 1.82) is 0 Å². The summed E-state index contributed by atoms with van der Waals surface area (Å²) in [5.41, 5.74) is 5.40. The lowest BCUT2D eigenvalue weighted by molar-refractivity contribution is 0.0706. The van der Waals surface area contributed by atoms with Gasteiger partial charge >= 0.3 is 8.80 Å². The second kappa shape index (κ2) is 15.1. The van der Waals surface area contributed by atoms with E-state index in [1.54, 1.807) is 12.1 Å². The molecule has 0 unspecified atom stereocenters. The van der Waals surface area contributed by atoms with Crippen molar-refractivity contribution in [3.8, 4) is 0 Å². The van der Waals surface area contributed by atoms with E-state index in [9.17, 15) is 4.79 Å². The summed E-state index contributed by atoms with van der Waals surface area (Å²) < 4.78 is 17.6. The molecule has 0 aliphatic carbocycles. The van der Waals surface area contributed by atoms with Crippen LogP contribution in [0.3, 0.4) is 0 Å². The molecule has 0 bridgehead atoms. The van der Waals surface area contributed by atoms with Gasteiger partial charge in [-0.2, -0.15) is 5.10 Å². The average molecular weight is 438 g/mol. The van der Waals surface area contributed by atoms with E-state index < -0.39 is 8.80 Å². The van der Waals surface area contributed by atoms with E-state index in [2.05, 4.69) is 15.8 Å². The van der Waals surface area contributed by atoms with Gasteiger partial charge in [-0.1, -0.05) is 12.8 Å². The molecule has 1 aromatic carbocycles. The predicted molar refractivity (Wildman–Crippen MR) is 125 cm³/mol. The normalized spacial score (nSPS) is 11.2. The van der Waals surface area contributed by atoms with E-state index in [1.165, 1.54) is 0 Å². The highest BCUT2D eigenvalue weighted by Crippen LogP contribution is 2.20. The molecule has 0 saturated heterocycles. The fourth-order valence-electron chi connectivity index (χ4n) is 3.00. The van der Waals surface area contributed by atoms with Crippen LogP contribution in [0.4, 0.5) is 5.69 Å². The van der Waals surface area contributed by atoms with Crippen LogP contribution in [0.1, 0.15) is 70.7 Å². The Hall–Kier alpha value is -1.74. The lowest BCUT2D eigenvalue weighted by atomic mass is 10.2. The van der Waals surface area contributed by atoms with Gasteiger partial charge in [0, 0.05) is 43.7 Å². The summed E-state index contributed by atoms with van der Waals surface area (Å²) in [5, 5.41) is 7.13. The minimum atomic E-state index is -2.53. The molecule has 170 valence electrons. The summed E-state index contributed by atoms with van der Waals surface area (Å²) >= 11 is 0. The molecular formula is C22H39N3O4Si. The van der Waals surface area contributed by atoms with E-state index >= 15 is 0 Å². The van der Waals surface area contributed by atoms with Crippen LogP contribution >= 0.6 is 0 Å². The van der Waals surface area contributed by atoms with Crippen molar-refractivity contribution in [3.05, 3.63) is 29.8 Å². The van der Waals surface area contributed by atoms with Crippen LogP contribution in [-0.4, -0.2) is 46.8 Å². The van der Waals surface area contributed by atoms with Gasteiger partial charge in [0.05, 0.1) is 5.69 Å². The summed E-state index contributed by atoms with van der Waals surface area (Å²) in [6.07, 6.45) is 4.07. The highest BCUT2D eigenvalue weighted by Gasteiger charge is 2.39. The second-order valence-electron chi connectivity index (χ2n) is 7.15. The Balaban J connectivity index is 2.28. The molecule has 0 aliphatic heterocycles. The smallest absolute Gasteiger partial charge is 0.374 e. The first-order chi connectivity index (χ1) is 14.5. The first-order valence-corrected chi connectivity index (χ1v) is 13.0. The first kappa shape index (κ1) is 26.3. The third-order valence-electron chi connectivity index (χ3n) is 4.34. The van der Waals surface area contributed by atoms with Gasteiger partial charge in [0.15, 0.2) is 0 Å². The van der Waals surface area contributed by atoms with E-state index in [0.717, 1.165) is 43.1 Å². The second-order valence-corrected chi connectivity index (χ2v) is 9.88. The Morgan fingerprint density at radius 3 is 2.00 bits per heavy atom. The molecule has 8 heteroatoms. The molecule has 7 nitrogen and oxygen atoms in total. The molecule has 0 fully saturated rings. The highest BCUT2D eigenvalue weighted by atomic mass is 28.4. The van der Waals surface area contributed by atoms with Crippen LogP contribution in [-0.2, 0) is 13.3 Å². The van der Waals surface area contributed by atoms with Gasteiger partial charge < -0.3 is 18.6 Å². The van der Waals surface area contributed by atoms with Gasteiger partial charge in [0.25, 0.3) is 5.91 Å². The number of unbranched alkanes of at least 4 members (excludes halogenated alkanes) is 3. The molecule has 1 amide bonds. The van der Waals surface area contributed by atoms with Crippen molar-refractivity contribution in [1.82, 2.24) is 5.32 Å². The quantitative estimate of drug-likeness (QED) is 0.167. The average Bonchev–Trinajstić information content (AvgIpc) is 2.72. The maximum absolute atomic E-state index is 12.3. The number of hydrazone groups is 1. The van der Waals surface area contributed by atoms with Crippen molar-refractivity contribution >= 4 is 26.1 Å². The van der Waals surface area contributed by atoms with Crippen LogP contribution in [0, 0.1) is 0 Å². The third kappa shape index (κ3) is 10.3. The highest BCUT2D eigenvalue weighted by molar-refractivity contribution is 6.60. The number of anilines is 1. The molecule has 0 radical (unpaired) electrons. The molecule has 1 aromatic rings. The summed E-state index contributed by atoms with van der Waals surface area (Å²) in [6, 6.07) is 8.16. The maximum Gasteiger partial charge on any atom is 0.500 e. The standard InChI is InChI=1S/C22H39N3O4Si/c1-6-27-30(28-7-2,29-8-3)18-12-10-9-11-17-23-22(26)20-13-15-21(16-14-20)25-24-19(4)5/h13-16,25H,6-12,17-18H2,1-5H3,(H,23,26). The number of nitrogens with zero attached hydrogens (tertiary/aromatic N) is 1. The number of carbonyl (C=O) groups is 1. The lowest BCUT2D eigenvalue weighted by Gasteiger charge is -2.28. The zero-order valence-electron chi connectivity index (χ0n) is 19.3. The number of benzene rings is 1. The van der Waals surface area contributed by atoms with Crippen LogP contribution in [0.25, 0.3) is 0 Å². The molecule has 0 aliphatic rings. The van der Waals surface area contributed by atoms with Gasteiger partial charge in [-0.25, -0.2) is 0 Å². The minimum absolute atomic E-state index is 0.0489. The number of amides is 1. The maximum atomic E-state index is 12.3. The van der Waals surface area contributed by atoms with E-state index in [1.807, 2.05) is 46.8 Å². The van der Waals surface area contributed by atoms with Gasteiger partial charge in [-0.15, -0.1) is 0 Å². The number of nitrogens with one attached hydrogen (secondary N) is 2. The first-order valence-electron chi connectivity index (χ1n) is 11.0. The predicted octanol–water partition coefficient (Wildman–Crippen LogP) is 4.83. The van der Waals surface area contributed by atoms with E-state index in [4.69, 9.17) is 13.3 Å². The largest absolute Gasteiger partial charge is 0.500 e. The molecule has 0 saturated carbocycles. The van der Waals surface area contributed by atoms with E-state index in [-0.39, 0.29) is 5.91 Å². The van der Waals surface area contributed by atoms with Crippen molar-refractivity contribution < 1.29 is 18.1 Å². The van der Waals surface area contributed by atoms with Crippen molar-refractivity contribution in [3.63, 3.8) is 0 Å². The summed E-state index contributed by atoms with van der Waals surface area (Å²) in [5.74, 6) is -0.0489. The monoisotopic (exact) mass is 437 g/mol. The van der Waals surface area contributed by atoms with Gasteiger partial charge in [-0.3, -0.25) is 10.2 Å². The Morgan fingerprint density at radius 2 is 1.47 bits per heavy atom. The van der Waals surface area contributed by atoms with Crippen molar-refractivity contribution in [2.45, 2.75) is 66.3 Å². The number of hydrogen-bond acceptors (Lipinski definition) is 6. The molecular weight excluding hydrogens is 398 g/mol. The molecule has 0 atom stereocenters. The van der Waals surface area contributed by atoms with Crippen LogP contribution < -0.4 is 10.7 Å². The summed E-state index contributed by atoms with van der Waals surface area (Å²) in [4.78, 5) is 12.3. The van der Waals surface area contributed by atoms with Gasteiger partial charge in [-0.05, 0) is 71.7 Å². The number of hydrogen-bond donors (Lipinski definition) is 2. The Bertz CT molecular complexity index is 617. The zero-order valence-corrected chi connectivity index (χ0v) is 20.3. The van der Waals surface area contributed by atoms with E-state index in [0.29, 0.717) is 31.9 Å². The van der Waals surface area contributed by atoms with Crippen molar-refractivity contribution in [2.75, 3.05) is 31.8 Å². The fourth-order valence-corrected chi connectivity index (χ4v) is 5.68. The molecule has 0 aromatic heterocycles. The lowest BCUT2D eigenvalue weighted by Crippen LogP contribution is -2.45. The van der Waals surface area contributed by atoms with Crippen LogP contribution in [0.15, 0.2) is 29.4 Å². The topological polar surface area (TPSA) is 81.2 Å². The molecule has 30 heavy (non-hydrogen) atoms. The SMILES string of the molecule is CCO[Si](CCCCCCNC(=O)c1ccc(NN=C(C)C)cc1)(OCC)OCC. The molecule has 0 heterocycles. The molecule has 2 N–H and O–H groups in total. The number of carbonyl (C=O) groups excluding carboxylic acids is 1. The summed E-state index contributed by atoms with van der Waals surface area (Å²) in [6.45, 7) is 12.3. The van der Waals surface area contributed by atoms with Crippen LogP contribution in [0.2, 0.25) is 6.04 Å². The minimum Gasteiger partial charge on any atom is -0.374 e. The molecule has 0 spiro atoms. The van der Waals surface area contributed by atoms with Gasteiger partial charge in [0.2, 0.25) is 0 Å². The summed E-state index contributed by atoms with van der Waals surface area (Å²) in [7, 11) is -2.53. The Morgan fingerprint density at radius 1 is 0.900 bits per heavy atom. The van der Waals surface area contributed by atoms with Crippen molar-refractivity contribution in [2.24, 2.45) is 5.10 Å². The molecule has 1 rings (SSSR count). The Labute approximate surface area is 182 Å². The van der Waals surface area contributed by atoms with Crippen LogP contribution in [0.5, 0.6) is 0 Å². The zero-order chi connectivity index (χ0) is 22.2. The fraction of sp³-hybridized carbons (Fsp3) is 0.636. The Kier molecular flexibility index (Phi) is 13.2. The third-order valence-corrected chi connectivity index (χ3v) is 7.50. The number of rotatable bonds is 16. The van der Waals surface area contributed by atoms with Gasteiger partial charge in [0.1, 0.15) is 0 Å².